The lowest BCUT2D eigenvalue weighted by Gasteiger charge is -2.31. The molecule has 1 aliphatic heterocycles. The van der Waals surface area contributed by atoms with Crippen LogP contribution in [-0.4, -0.2) is 30.8 Å². The Morgan fingerprint density at radius 2 is 2.29 bits per heavy atom. The van der Waals surface area contributed by atoms with Gasteiger partial charge in [0.1, 0.15) is 0 Å². The van der Waals surface area contributed by atoms with Crippen molar-refractivity contribution in [3.8, 4) is 11.5 Å². The van der Waals surface area contributed by atoms with Gasteiger partial charge in [0.25, 0.3) is 0 Å². The zero-order valence-electron chi connectivity index (χ0n) is 9.93. The Kier molecular flexibility index (Phi) is 3.08. The number of amides is 2. The zero-order chi connectivity index (χ0) is 12.4. The maximum atomic E-state index is 11.8. The molecular formula is C12H16N2O3. The number of carbonyl (C=O) groups excluding carboxylic acids is 1. The summed E-state index contributed by atoms with van der Waals surface area (Å²) in [5.41, 5.74) is 0.674. The molecule has 92 valence electrons. The number of ether oxygens (including phenoxy) is 1. The van der Waals surface area contributed by atoms with Crippen LogP contribution in [0.4, 0.5) is 10.5 Å². The number of phenols is 1. The van der Waals surface area contributed by atoms with Gasteiger partial charge >= 0.3 is 6.03 Å². The molecule has 2 amide bonds. The van der Waals surface area contributed by atoms with E-state index in [0.717, 1.165) is 6.42 Å². The van der Waals surface area contributed by atoms with Crippen molar-refractivity contribution in [1.82, 2.24) is 5.32 Å². The topological polar surface area (TPSA) is 61.8 Å². The molecule has 0 bridgehead atoms. The van der Waals surface area contributed by atoms with Crippen LogP contribution in [0.15, 0.2) is 18.2 Å². The number of phenolic OH excluding ortho intramolecular Hbond substituents is 1. The first-order valence-electron chi connectivity index (χ1n) is 5.57. The van der Waals surface area contributed by atoms with E-state index in [4.69, 9.17) is 4.74 Å². The number of anilines is 1. The van der Waals surface area contributed by atoms with Gasteiger partial charge in [-0.1, -0.05) is 0 Å². The molecule has 0 unspecified atom stereocenters. The van der Waals surface area contributed by atoms with E-state index in [0.29, 0.717) is 18.0 Å². The fraction of sp³-hybridized carbons (Fsp3) is 0.417. The Hall–Kier alpha value is -1.91. The average molecular weight is 236 g/mol. The summed E-state index contributed by atoms with van der Waals surface area (Å²) in [6, 6.07) is 5.01. The van der Waals surface area contributed by atoms with Crippen molar-refractivity contribution in [3.63, 3.8) is 0 Å². The number of benzene rings is 1. The number of hydrogen-bond donors (Lipinski definition) is 2. The number of nitrogens with one attached hydrogen (secondary N) is 1. The number of rotatable bonds is 2. The Morgan fingerprint density at radius 3 is 2.88 bits per heavy atom. The van der Waals surface area contributed by atoms with Gasteiger partial charge in [0.2, 0.25) is 0 Å². The van der Waals surface area contributed by atoms with Gasteiger partial charge in [0.15, 0.2) is 11.5 Å². The van der Waals surface area contributed by atoms with Gasteiger partial charge in [-0.25, -0.2) is 4.79 Å². The van der Waals surface area contributed by atoms with Crippen LogP contribution in [-0.2, 0) is 0 Å². The van der Waals surface area contributed by atoms with Gasteiger partial charge < -0.3 is 15.2 Å². The minimum absolute atomic E-state index is 0.0384. The first-order valence-corrected chi connectivity index (χ1v) is 5.57. The molecule has 1 fully saturated rings. The van der Waals surface area contributed by atoms with Crippen molar-refractivity contribution in [1.29, 1.82) is 0 Å². The molecule has 2 N–H and O–H groups in total. The smallest absolute Gasteiger partial charge is 0.322 e. The van der Waals surface area contributed by atoms with Gasteiger partial charge in [-0.15, -0.1) is 0 Å². The number of methoxy groups -OCH3 is 1. The quantitative estimate of drug-likeness (QED) is 0.821. The van der Waals surface area contributed by atoms with E-state index in [9.17, 15) is 9.90 Å². The molecule has 17 heavy (non-hydrogen) atoms. The van der Waals surface area contributed by atoms with E-state index < -0.39 is 0 Å². The van der Waals surface area contributed by atoms with Crippen molar-refractivity contribution >= 4 is 11.7 Å². The molecule has 1 atom stereocenters. The van der Waals surface area contributed by atoms with Gasteiger partial charge in [-0.05, 0) is 25.5 Å². The molecule has 5 nitrogen and oxygen atoms in total. The summed E-state index contributed by atoms with van der Waals surface area (Å²) < 4.78 is 4.96. The molecule has 0 radical (unpaired) electrons. The summed E-state index contributed by atoms with van der Waals surface area (Å²) in [5, 5.41) is 12.5. The van der Waals surface area contributed by atoms with Gasteiger partial charge in [-0.2, -0.15) is 0 Å². The fourth-order valence-corrected chi connectivity index (χ4v) is 1.88. The Bertz CT molecular complexity index is 434. The third kappa shape index (κ3) is 2.27. The molecule has 1 heterocycles. The standard InChI is InChI=1S/C12H16N2O3/c1-8-5-6-14(12(16)13-8)9-3-4-11(17-2)10(15)7-9/h3-4,7-8,15H,5-6H2,1-2H3,(H,13,16)/t8-/m0/s1. The molecule has 1 aliphatic rings. The first-order chi connectivity index (χ1) is 8.11. The van der Waals surface area contributed by atoms with E-state index >= 15 is 0 Å². The predicted octanol–water partition coefficient (Wildman–Crippen LogP) is 1.71. The third-order valence-corrected chi connectivity index (χ3v) is 2.87. The molecule has 1 aromatic rings. The summed E-state index contributed by atoms with van der Waals surface area (Å²) in [6.45, 7) is 2.62. The maximum absolute atomic E-state index is 11.8. The van der Waals surface area contributed by atoms with Crippen molar-refractivity contribution in [2.75, 3.05) is 18.6 Å². The highest BCUT2D eigenvalue weighted by molar-refractivity contribution is 5.93. The van der Waals surface area contributed by atoms with Crippen LogP contribution in [0.25, 0.3) is 0 Å². The predicted molar refractivity (Wildman–Crippen MR) is 64.6 cm³/mol. The highest BCUT2D eigenvalue weighted by Crippen LogP contribution is 2.31. The molecule has 5 heteroatoms. The number of urea groups is 1. The lowest BCUT2D eigenvalue weighted by molar-refractivity contribution is 0.237. The normalized spacial score (nSPS) is 20.0. The Labute approximate surface area is 100.0 Å². The van der Waals surface area contributed by atoms with Crippen LogP contribution in [0.3, 0.4) is 0 Å². The second kappa shape index (κ2) is 4.53. The summed E-state index contributed by atoms with van der Waals surface area (Å²) in [6.07, 6.45) is 0.887. The van der Waals surface area contributed by atoms with Crippen LogP contribution < -0.4 is 15.0 Å². The van der Waals surface area contributed by atoms with Gasteiger partial charge in [0, 0.05) is 24.3 Å². The molecule has 2 rings (SSSR count). The van der Waals surface area contributed by atoms with Crippen molar-refractivity contribution in [3.05, 3.63) is 18.2 Å². The molecule has 1 saturated heterocycles. The number of carbonyl (C=O) groups is 1. The van der Waals surface area contributed by atoms with E-state index in [1.54, 1.807) is 17.0 Å². The maximum Gasteiger partial charge on any atom is 0.322 e. The lowest BCUT2D eigenvalue weighted by atomic mass is 10.1. The monoisotopic (exact) mass is 236 g/mol. The minimum Gasteiger partial charge on any atom is -0.504 e. The molecular weight excluding hydrogens is 220 g/mol. The van der Waals surface area contributed by atoms with Gasteiger partial charge in [-0.3, -0.25) is 4.90 Å². The van der Waals surface area contributed by atoms with E-state index in [-0.39, 0.29) is 17.8 Å². The molecule has 0 aromatic heterocycles. The number of hydrogen-bond acceptors (Lipinski definition) is 3. The second-order valence-electron chi connectivity index (χ2n) is 4.15. The van der Waals surface area contributed by atoms with Crippen LogP contribution in [0.1, 0.15) is 13.3 Å². The molecule has 0 saturated carbocycles. The van der Waals surface area contributed by atoms with E-state index in [1.807, 2.05) is 6.92 Å². The van der Waals surface area contributed by atoms with E-state index in [1.165, 1.54) is 13.2 Å². The van der Waals surface area contributed by atoms with Crippen molar-refractivity contribution in [2.24, 2.45) is 0 Å². The highest BCUT2D eigenvalue weighted by atomic mass is 16.5. The fourth-order valence-electron chi connectivity index (χ4n) is 1.88. The highest BCUT2D eigenvalue weighted by Gasteiger charge is 2.23. The van der Waals surface area contributed by atoms with Crippen LogP contribution in [0, 0.1) is 0 Å². The van der Waals surface area contributed by atoms with E-state index in [2.05, 4.69) is 5.32 Å². The largest absolute Gasteiger partial charge is 0.504 e. The SMILES string of the molecule is COc1ccc(N2CC[C@H](C)NC2=O)cc1O. The molecule has 0 spiro atoms. The molecule has 0 aliphatic carbocycles. The van der Waals surface area contributed by atoms with Crippen molar-refractivity contribution in [2.45, 2.75) is 19.4 Å². The minimum atomic E-state index is -0.131. The third-order valence-electron chi connectivity index (χ3n) is 2.87. The number of nitrogens with zero attached hydrogens (tertiary/aromatic N) is 1. The van der Waals surface area contributed by atoms with Crippen molar-refractivity contribution < 1.29 is 14.6 Å². The number of aromatic hydroxyl groups is 1. The Balaban J connectivity index is 2.22. The first kappa shape index (κ1) is 11.6. The summed E-state index contributed by atoms with van der Waals surface area (Å²) in [4.78, 5) is 13.4. The average Bonchev–Trinajstić information content (AvgIpc) is 2.29. The second-order valence-corrected chi connectivity index (χ2v) is 4.15. The zero-order valence-corrected chi connectivity index (χ0v) is 9.93. The van der Waals surface area contributed by atoms with Gasteiger partial charge in [0.05, 0.1) is 7.11 Å². The van der Waals surface area contributed by atoms with Crippen LogP contribution in [0.5, 0.6) is 11.5 Å². The Morgan fingerprint density at radius 1 is 1.53 bits per heavy atom. The lowest BCUT2D eigenvalue weighted by Crippen LogP contribution is -2.50. The van der Waals surface area contributed by atoms with Crippen LogP contribution in [0.2, 0.25) is 0 Å². The summed E-state index contributed by atoms with van der Waals surface area (Å²) >= 11 is 0. The summed E-state index contributed by atoms with van der Waals surface area (Å²) in [7, 11) is 1.49. The van der Waals surface area contributed by atoms with Crippen LogP contribution >= 0.6 is 0 Å². The molecule has 1 aromatic carbocycles. The summed E-state index contributed by atoms with van der Waals surface area (Å²) in [5.74, 6) is 0.441.